The van der Waals surface area contributed by atoms with Crippen molar-refractivity contribution in [1.29, 1.82) is 0 Å². The second kappa shape index (κ2) is 42.5. The van der Waals surface area contributed by atoms with E-state index in [9.17, 15) is 19.8 Å². The van der Waals surface area contributed by atoms with Gasteiger partial charge in [-0.05, 0) is 70.6 Å². The number of esters is 1. The third-order valence-electron chi connectivity index (χ3n) is 10.8. The number of ether oxygens (including phenoxy) is 1. The number of carbonyl (C=O) groups is 2. The maximum Gasteiger partial charge on any atom is 0.306 e. The van der Waals surface area contributed by atoms with Crippen LogP contribution < -0.4 is 5.32 Å². The fourth-order valence-corrected chi connectivity index (χ4v) is 7.13. The highest BCUT2D eigenvalue weighted by molar-refractivity contribution is 5.77. The summed E-state index contributed by atoms with van der Waals surface area (Å²) in [5, 5.41) is 23.6. The molecule has 0 rings (SSSR count). The van der Waals surface area contributed by atoms with Crippen LogP contribution in [0.3, 0.4) is 0 Å². The number of nitrogens with one attached hydrogen (secondary N) is 1. The summed E-state index contributed by atoms with van der Waals surface area (Å²) in [5.41, 5.74) is 0. The molecule has 0 saturated carbocycles. The molecule has 0 heterocycles. The van der Waals surface area contributed by atoms with Crippen LogP contribution in [-0.2, 0) is 14.3 Å². The van der Waals surface area contributed by atoms with Crippen molar-refractivity contribution >= 4 is 11.9 Å². The molecule has 1 amide bonds. The van der Waals surface area contributed by atoms with Gasteiger partial charge in [0.2, 0.25) is 5.91 Å². The molecule has 318 valence electrons. The Morgan fingerprint density at radius 3 is 1.35 bits per heavy atom. The molecule has 0 spiro atoms. The summed E-state index contributed by atoms with van der Waals surface area (Å²) < 4.78 is 5.88. The maximum atomic E-state index is 13.1. The summed E-state index contributed by atoms with van der Waals surface area (Å²) in [5.74, 6) is -0.517. The van der Waals surface area contributed by atoms with E-state index in [2.05, 4.69) is 50.4 Å². The predicted octanol–water partition coefficient (Wildman–Crippen LogP) is 13.6. The van der Waals surface area contributed by atoms with Gasteiger partial charge in [0.05, 0.1) is 25.2 Å². The molecule has 0 aromatic heterocycles. The van der Waals surface area contributed by atoms with Crippen LogP contribution >= 0.6 is 0 Å². The molecule has 6 nitrogen and oxygen atoms in total. The fourth-order valence-electron chi connectivity index (χ4n) is 7.13. The maximum absolute atomic E-state index is 13.1. The number of aliphatic hydroxyl groups is 2. The molecule has 54 heavy (non-hydrogen) atoms. The summed E-state index contributed by atoms with van der Waals surface area (Å²) in [6.45, 7) is 6.44. The van der Waals surface area contributed by atoms with Crippen molar-refractivity contribution in [2.45, 2.75) is 264 Å². The Morgan fingerprint density at radius 2 is 0.907 bits per heavy atom. The van der Waals surface area contributed by atoms with Crippen LogP contribution in [0.4, 0.5) is 0 Å². The van der Waals surface area contributed by atoms with Gasteiger partial charge in [0, 0.05) is 6.42 Å². The first-order chi connectivity index (χ1) is 26.5. The lowest BCUT2D eigenvalue weighted by atomic mass is 10.0. The zero-order chi connectivity index (χ0) is 39.6. The summed E-state index contributed by atoms with van der Waals surface area (Å²) in [7, 11) is 0. The SMILES string of the molecule is CCCCCCCC/C=C\CCCCCC(=O)OC(CCC/C=C\CCCCCCCCC)CC(=O)NC(CO)C(O)CCCCCCCCCCCC. The second-order valence-electron chi connectivity index (χ2n) is 16.2. The molecule has 3 N–H and O–H groups in total. The molecule has 3 atom stereocenters. The largest absolute Gasteiger partial charge is 0.462 e. The summed E-state index contributed by atoms with van der Waals surface area (Å²) in [6, 6.07) is -0.707. The highest BCUT2D eigenvalue weighted by atomic mass is 16.5. The predicted molar refractivity (Wildman–Crippen MR) is 232 cm³/mol. The van der Waals surface area contributed by atoms with Gasteiger partial charge in [0.1, 0.15) is 6.10 Å². The Bertz CT molecular complexity index is 858. The zero-order valence-electron chi connectivity index (χ0n) is 36.1. The summed E-state index contributed by atoms with van der Waals surface area (Å²) >= 11 is 0. The number of allylic oxidation sites excluding steroid dienone is 4. The molecule has 0 aliphatic carbocycles. The first-order valence-corrected chi connectivity index (χ1v) is 23.6. The minimum absolute atomic E-state index is 0.0539. The highest BCUT2D eigenvalue weighted by Gasteiger charge is 2.24. The van der Waals surface area contributed by atoms with Gasteiger partial charge in [-0.15, -0.1) is 0 Å². The molecule has 0 radical (unpaired) electrons. The fraction of sp³-hybridized carbons (Fsp3) is 0.875. The normalized spacial score (nSPS) is 13.5. The van der Waals surface area contributed by atoms with Gasteiger partial charge in [-0.3, -0.25) is 9.59 Å². The van der Waals surface area contributed by atoms with Crippen LogP contribution in [0.25, 0.3) is 0 Å². The van der Waals surface area contributed by atoms with E-state index in [0.29, 0.717) is 19.3 Å². The Labute approximate surface area is 335 Å². The molecule has 0 fully saturated rings. The Balaban J connectivity index is 4.63. The number of hydrogen-bond acceptors (Lipinski definition) is 5. The van der Waals surface area contributed by atoms with Gasteiger partial charge in [-0.2, -0.15) is 0 Å². The lowest BCUT2D eigenvalue weighted by Crippen LogP contribution is -2.46. The smallest absolute Gasteiger partial charge is 0.306 e. The molecule has 0 aromatic carbocycles. The van der Waals surface area contributed by atoms with Crippen molar-refractivity contribution in [3.05, 3.63) is 24.3 Å². The van der Waals surface area contributed by atoms with E-state index in [1.54, 1.807) is 0 Å². The van der Waals surface area contributed by atoms with Crippen LogP contribution in [0.5, 0.6) is 0 Å². The van der Waals surface area contributed by atoms with E-state index < -0.39 is 18.2 Å². The van der Waals surface area contributed by atoms with E-state index in [-0.39, 0.29) is 24.9 Å². The molecule has 0 saturated heterocycles. The second-order valence-corrected chi connectivity index (χ2v) is 16.2. The Morgan fingerprint density at radius 1 is 0.519 bits per heavy atom. The van der Waals surface area contributed by atoms with E-state index in [4.69, 9.17) is 4.74 Å². The van der Waals surface area contributed by atoms with Crippen molar-refractivity contribution < 1.29 is 24.5 Å². The van der Waals surface area contributed by atoms with Gasteiger partial charge in [-0.1, -0.05) is 186 Å². The molecule has 6 heteroatoms. The number of amides is 1. The Kier molecular flexibility index (Phi) is 41.2. The van der Waals surface area contributed by atoms with Crippen molar-refractivity contribution in [1.82, 2.24) is 5.32 Å². The number of rotatable bonds is 42. The van der Waals surface area contributed by atoms with Gasteiger partial charge < -0.3 is 20.3 Å². The van der Waals surface area contributed by atoms with Crippen molar-refractivity contribution in [2.24, 2.45) is 0 Å². The van der Waals surface area contributed by atoms with Crippen LogP contribution in [0, 0.1) is 0 Å². The van der Waals surface area contributed by atoms with Crippen LogP contribution in [0.2, 0.25) is 0 Å². The number of hydrogen-bond donors (Lipinski definition) is 3. The monoisotopic (exact) mass is 762 g/mol. The molecule has 0 bridgehead atoms. The van der Waals surface area contributed by atoms with Crippen LogP contribution in [0.1, 0.15) is 245 Å². The van der Waals surface area contributed by atoms with Gasteiger partial charge in [0.15, 0.2) is 0 Å². The molecule has 3 unspecified atom stereocenters. The summed E-state index contributed by atoms with van der Waals surface area (Å²) in [6.07, 6.45) is 46.7. The Hall–Kier alpha value is -1.66. The summed E-state index contributed by atoms with van der Waals surface area (Å²) in [4.78, 5) is 26.0. The minimum Gasteiger partial charge on any atom is -0.462 e. The highest BCUT2D eigenvalue weighted by Crippen LogP contribution is 2.16. The first-order valence-electron chi connectivity index (χ1n) is 23.6. The van der Waals surface area contributed by atoms with Gasteiger partial charge in [0.25, 0.3) is 0 Å². The molecular weight excluding hydrogens is 671 g/mol. The third-order valence-corrected chi connectivity index (χ3v) is 10.8. The van der Waals surface area contributed by atoms with Crippen LogP contribution in [0.15, 0.2) is 24.3 Å². The third kappa shape index (κ3) is 37.3. The minimum atomic E-state index is -0.791. The van der Waals surface area contributed by atoms with E-state index in [1.807, 2.05) is 0 Å². The quantitative estimate of drug-likeness (QED) is 0.0327. The standard InChI is InChI=1S/C48H91NO5/c1-4-7-10-13-16-19-22-24-26-29-32-35-38-41-48(53)54-44(39-36-33-30-27-25-23-20-17-14-11-8-5-2)42-47(52)49-45(43-50)46(51)40-37-34-31-28-21-18-15-12-9-6-3/h24,26-27,30,44-46,50-51H,4-23,25,28-29,31-43H2,1-3H3,(H,49,52)/b26-24-,30-27-. The van der Waals surface area contributed by atoms with E-state index in [1.165, 1.54) is 135 Å². The molecule has 0 aliphatic heterocycles. The van der Waals surface area contributed by atoms with Gasteiger partial charge in [-0.25, -0.2) is 0 Å². The van der Waals surface area contributed by atoms with Crippen molar-refractivity contribution in [3.8, 4) is 0 Å². The molecule has 0 aliphatic rings. The number of unbranched alkanes of at least 4 members (excludes halogenated alkanes) is 26. The number of carbonyl (C=O) groups excluding carboxylic acids is 2. The molecular formula is C48H91NO5. The van der Waals surface area contributed by atoms with Gasteiger partial charge >= 0.3 is 5.97 Å². The average Bonchev–Trinajstić information content (AvgIpc) is 3.16. The van der Waals surface area contributed by atoms with E-state index >= 15 is 0 Å². The van der Waals surface area contributed by atoms with Crippen LogP contribution in [-0.4, -0.2) is 46.9 Å². The first kappa shape index (κ1) is 52.3. The average molecular weight is 762 g/mol. The topological polar surface area (TPSA) is 95.9 Å². The number of aliphatic hydroxyl groups excluding tert-OH is 2. The van der Waals surface area contributed by atoms with Crippen molar-refractivity contribution in [3.63, 3.8) is 0 Å². The molecule has 0 aromatic rings. The zero-order valence-corrected chi connectivity index (χ0v) is 36.1. The lowest BCUT2D eigenvalue weighted by Gasteiger charge is -2.24. The lowest BCUT2D eigenvalue weighted by molar-refractivity contribution is -0.151. The van der Waals surface area contributed by atoms with E-state index in [0.717, 1.165) is 64.2 Å². The van der Waals surface area contributed by atoms with Crippen molar-refractivity contribution in [2.75, 3.05) is 6.61 Å².